The van der Waals surface area contributed by atoms with Gasteiger partial charge in [0.1, 0.15) is 17.6 Å². The van der Waals surface area contributed by atoms with E-state index in [2.05, 4.69) is 15.6 Å². The van der Waals surface area contributed by atoms with Crippen LogP contribution in [0.2, 0.25) is 0 Å². The molecule has 0 aliphatic heterocycles. The molecule has 8 heteroatoms. The van der Waals surface area contributed by atoms with E-state index < -0.39 is 6.10 Å². The molecule has 3 rings (SSSR count). The number of rotatable bonds is 6. The maximum absolute atomic E-state index is 12.3. The fraction of sp³-hybridized carbons (Fsp3) is 0.235. The van der Waals surface area contributed by atoms with E-state index >= 15 is 0 Å². The van der Waals surface area contributed by atoms with Crippen LogP contribution in [0, 0.1) is 6.92 Å². The SMILES string of the molecule is COc1ccc(NC(=O)c2cn(CC(O)c3ccco3)nn2)c(C)c1. The van der Waals surface area contributed by atoms with Crippen molar-refractivity contribution in [3.63, 3.8) is 0 Å². The number of nitrogens with one attached hydrogen (secondary N) is 1. The predicted octanol–water partition coefficient (Wildman–Crippen LogP) is 2.17. The molecule has 0 bridgehead atoms. The monoisotopic (exact) mass is 342 g/mol. The molecular weight excluding hydrogens is 324 g/mol. The van der Waals surface area contributed by atoms with Crippen molar-refractivity contribution in [2.24, 2.45) is 0 Å². The number of hydrogen-bond donors (Lipinski definition) is 2. The largest absolute Gasteiger partial charge is 0.497 e. The minimum absolute atomic E-state index is 0.134. The second-order valence-corrected chi connectivity index (χ2v) is 5.49. The number of aliphatic hydroxyl groups excluding tert-OH is 1. The number of amides is 1. The molecule has 0 radical (unpaired) electrons. The van der Waals surface area contributed by atoms with E-state index in [0.29, 0.717) is 17.2 Å². The number of aromatic nitrogens is 3. The number of hydrogen-bond acceptors (Lipinski definition) is 6. The van der Waals surface area contributed by atoms with E-state index in [1.807, 2.05) is 13.0 Å². The first kappa shape index (κ1) is 16.7. The molecule has 2 heterocycles. The van der Waals surface area contributed by atoms with Crippen LogP contribution in [0.3, 0.4) is 0 Å². The Morgan fingerprint density at radius 3 is 2.96 bits per heavy atom. The number of methoxy groups -OCH3 is 1. The molecule has 1 aromatic carbocycles. The Morgan fingerprint density at radius 1 is 1.44 bits per heavy atom. The lowest BCUT2D eigenvalue weighted by molar-refractivity contribution is 0.102. The predicted molar refractivity (Wildman–Crippen MR) is 89.4 cm³/mol. The molecule has 3 aromatic rings. The van der Waals surface area contributed by atoms with Crippen molar-refractivity contribution >= 4 is 11.6 Å². The topological polar surface area (TPSA) is 102 Å². The molecule has 130 valence electrons. The van der Waals surface area contributed by atoms with Crippen molar-refractivity contribution in [1.82, 2.24) is 15.0 Å². The Morgan fingerprint density at radius 2 is 2.28 bits per heavy atom. The lowest BCUT2D eigenvalue weighted by atomic mass is 10.2. The molecule has 1 atom stereocenters. The van der Waals surface area contributed by atoms with Crippen molar-refractivity contribution in [1.29, 1.82) is 0 Å². The first-order chi connectivity index (χ1) is 12.1. The number of benzene rings is 1. The summed E-state index contributed by atoms with van der Waals surface area (Å²) in [5.41, 5.74) is 1.69. The number of anilines is 1. The van der Waals surface area contributed by atoms with Gasteiger partial charge in [0.15, 0.2) is 5.69 Å². The zero-order valence-corrected chi connectivity index (χ0v) is 13.8. The van der Waals surface area contributed by atoms with Crippen molar-refractivity contribution < 1.29 is 19.1 Å². The smallest absolute Gasteiger partial charge is 0.277 e. The van der Waals surface area contributed by atoms with Crippen LogP contribution in [0.4, 0.5) is 5.69 Å². The fourth-order valence-electron chi connectivity index (χ4n) is 2.33. The van der Waals surface area contributed by atoms with Gasteiger partial charge in [0.25, 0.3) is 5.91 Å². The summed E-state index contributed by atoms with van der Waals surface area (Å²) in [4.78, 5) is 12.3. The lowest BCUT2D eigenvalue weighted by Crippen LogP contribution is -2.13. The Balaban J connectivity index is 1.66. The highest BCUT2D eigenvalue weighted by molar-refractivity contribution is 6.03. The normalized spacial score (nSPS) is 12.0. The van der Waals surface area contributed by atoms with Crippen LogP contribution in [0.15, 0.2) is 47.2 Å². The van der Waals surface area contributed by atoms with Crippen molar-refractivity contribution in [2.75, 3.05) is 12.4 Å². The molecule has 2 N–H and O–H groups in total. The summed E-state index contributed by atoms with van der Waals surface area (Å²) in [5.74, 6) is 0.760. The third-order valence-electron chi connectivity index (χ3n) is 3.68. The summed E-state index contributed by atoms with van der Waals surface area (Å²) in [7, 11) is 1.59. The van der Waals surface area contributed by atoms with Crippen LogP contribution in [0.1, 0.15) is 27.9 Å². The quantitative estimate of drug-likeness (QED) is 0.712. The van der Waals surface area contributed by atoms with Gasteiger partial charge < -0.3 is 19.6 Å². The molecule has 0 saturated carbocycles. The van der Waals surface area contributed by atoms with Crippen LogP contribution >= 0.6 is 0 Å². The molecule has 25 heavy (non-hydrogen) atoms. The minimum Gasteiger partial charge on any atom is -0.497 e. The minimum atomic E-state index is -0.864. The highest BCUT2D eigenvalue weighted by Gasteiger charge is 2.16. The Bertz CT molecular complexity index is 857. The maximum Gasteiger partial charge on any atom is 0.277 e. The van der Waals surface area contributed by atoms with Gasteiger partial charge in [0.05, 0.1) is 26.1 Å². The average molecular weight is 342 g/mol. The summed E-state index contributed by atoms with van der Waals surface area (Å²) in [6, 6.07) is 8.71. The Kier molecular flexibility index (Phi) is 4.80. The lowest BCUT2D eigenvalue weighted by Gasteiger charge is -2.08. The van der Waals surface area contributed by atoms with Gasteiger partial charge in [0, 0.05) is 5.69 Å². The van der Waals surface area contributed by atoms with Gasteiger partial charge in [0.2, 0.25) is 0 Å². The van der Waals surface area contributed by atoms with Gasteiger partial charge in [-0.05, 0) is 42.8 Å². The number of carbonyl (C=O) groups excluding carboxylic acids is 1. The van der Waals surface area contributed by atoms with E-state index in [1.54, 1.807) is 31.4 Å². The van der Waals surface area contributed by atoms with Crippen molar-refractivity contribution in [2.45, 2.75) is 19.6 Å². The third-order valence-corrected chi connectivity index (χ3v) is 3.68. The van der Waals surface area contributed by atoms with E-state index in [4.69, 9.17) is 9.15 Å². The molecule has 0 aliphatic rings. The fourth-order valence-corrected chi connectivity index (χ4v) is 2.33. The Labute approximate surface area is 144 Å². The van der Waals surface area contributed by atoms with Crippen LogP contribution < -0.4 is 10.1 Å². The van der Waals surface area contributed by atoms with E-state index in [9.17, 15) is 9.90 Å². The molecular formula is C17H18N4O4. The third kappa shape index (κ3) is 3.86. The average Bonchev–Trinajstić information content (AvgIpc) is 3.28. The summed E-state index contributed by atoms with van der Waals surface area (Å²) < 4.78 is 11.7. The molecule has 8 nitrogen and oxygen atoms in total. The van der Waals surface area contributed by atoms with Crippen molar-refractivity contribution in [3.05, 3.63) is 59.8 Å². The van der Waals surface area contributed by atoms with E-state index in [1.165, 1.54) is 17.1 Å². The van der Waals surface area contributed by atoms with Gasteiger partial charge in [-0.3, -0.25) is 4.79 Å². The number of aryl methyl sites for hydroxylation is 1. The molecule has 2 aromatic heterocycles. The molecule has 0 aliphatic carbocycles. The van der Waals surface area contributed by atoms with Crippen LogP contribution in [0.25, 0.3) is 0 Å². The number of nitrogens with zero attached hydrogens (tertiary/aromatic N) is 3. The first-order valence-corrected chi connectivity index (χ1v) is 7.64. The molecule has 1 unspecified atom stereocenters. The van der Waals surface area contributed by atoms with Crippen molar-refractivity contribution in [3.8, 4) is 5.75 Å². The first-order valence-electron chi connectivity index (χ1n) is 7.64. The zero-order valence-electron chi connectivity index (χ0n) is 13.8. The summed E-state index contributed by atoms with van der Waals surface area (Å²) in [6.07, 6.45) is 2.09. The standard InChI is InChI=1S/C17H18N4O4/c1-11-8-12(24-2)5-6-13(11)18-17(23)14-9-21(20-19-14)10-15(22)16-4-3-7-25-16/h3-9,15,22H,10H2,1-2H3,(H,18,23). The van der Waals surface area contributed by atoms with Gasteiger partial charge in [-0.1, -0.05) is 5.21 Å². The number of carbonyl (C=O) groups is 1. The highest BCUT2D eigenvalue weighted by Crippen LogP contribution is 2.21. The molecule has 1 amide bonds. The second-order valence-electron chi connectivity index (χ2n) is 5.49. The number of furan rings is 1. The van der Waals surface area contributed by atoms with E-state index in [0.717, 1.165) is 5.56 Å². The van der Waals surface area contributed by atoms with Crippen LogP contribution in [-0.2, 0) is 6.54 Å². The molecule has 0 saturated heterocycles. The van der Waals surface area contributed by atoms with Gasteiger partial charge in [-0.25, -0.2) is 4.68 Å². The van der Waals surface area contributed by atoms with Gasteiger partial charge >= 0.3 is 0 Å². The van der Waals surface area contributed by atoms with Gasteiger partial charge in [-0.15, -0.1) is 5.10 Å². The summed E-state index contributed by atoms with van der Waals surface area (Å²) in [5, 5.41) is 20.5. The highest BCUT2D eigenvalue weighted by atomic mass is 16.5. The Hall–Kier alpha value is -3.13. The van der Waals surface area contributed by atoms with Gasteiger partial charge in [-0.2, -0.15) is 0 Å². The molecule has 0 fully saturated rings. The maximum atomic E-state index is 12.3. The zero-order chi connectivity index (χ0) is 17.8. The summed E-state index contributed by atoms with van der Waals surface area (Å²) in [6.45, 7) is 2.00. The molecule has 0 spiro atoms. The summed E-state index contributed by atoms with van der Waals surface area (Å²) >= 11 is 0. The van der Waals surface area contributed by atoms with Crippen LogP contribution in [0.5, 0.6) is 5.75 Å². The number of ether oxygens (including phenoxy) is 1. The van der Waals surface area contributed by atoms with Crippen LogP contribution in [-0.4, -0.2) is 33.1 Å². The van der Waals surface area contributed by atoms with E-state index in [-0.39, 0.29) is 18.1 Å². The second kappa shape index (κ2) is 7.18. The number of aliphatic hydroxyl groups is 1.